The summed E-state index contributed by atoms with van der Waals surface area (Å²) in [5.74, 6) is 2.73. The third kappa shape index (κ3) is 2.34. The van der Waals surface area contributed by atoms with Gasteiger partial charge in [0, 0.05) is 11.0 Å². The molecule has 0 aliphatic heterocycles. The van der Waals surface area contributed by atoms with Crippen molar-refractivity contribution in [2.75, 3.05) is 5.32 Å². The fourth-order valence-electron chi connectivity index (χ4n) is 5.40. The number of alkyl halides is 1. The highest BCUT2D eigenvalue weighted by atomic mass is 79.9. The Hall–Kier alpha value is -0.830. The first-order chi connectivity index (χ1) is 10.2. The maximum Gasteiger partial charge on any atom is 0.230 e. The smallest absolute Gasteiger partial charge is 0.230 e. The van der Waals surface area contributed by atoms with Gasteiger partial charge >= 0.3 is 0 Å². The molecule has 0 heterocycles. The molecule has 0 saturated heterocycles. The molecule has 4 aliphatic carbocycles. The van der Waals surface area contributed by atoms with Crippen molar-refractivity contribution in [1.82, 2.24) is 0 Å². The van der Waals surface area contributed by atoms with Crippen molar-refractivity contribution in [3.05, 3.63) is 29.8 Å². The minimum Gasteiger partial charge on any atom is -0.325 e. The van der Waals surface area contributed by atoms with Crippen molar-refractivity contribution in [1.29, 1.82) is 0 Å². The van der Waals surface area contributed by atoms with Crippen LogP contribution in [-0.2, 0) is 10.1 Å². The highest BCUT2D eigenvalue weighted by molar-refractivity contribution is 9.08. The molecule has 5 rings (SSSR count). The van der Waals surface area contributed by atoms with Crippen LogP contribution in [0, 0.1) is 23.2 Å². The summed E-state index contributed by atoms with van der Waals surface area (Å²) in [7, 11) is 0. The average molecular weight is 348 g/mol. The molecule has 1 N–H and O–H groups in total. The molecule has 0 atom stereocenters. The molecule has 4 aliphatic rings. The number of hydrogen-bond acceptors (Lipinski definition) is 1. The van der Waals surface area contributed by atoms with E-state index in [1.54, 1.807) is 0 Å². The van der Waals surface area contributed by atoms with Gasteiger partial charge in [0.25, 0.3) is 0 Å². The molecule has 1 aromatic rings. The number of rotatable bonds is 3. The van der Waals surface area contributed by atoms with E-state index in [4.69, 9.17) is 0 Å². The van der Waals surface area contributed by atoms with Crippen molar-refractivity contribution < 1.29 is 4.79 Å². The fraction of sp³-hybridized carbons (Fsp3) is 0.611. The summed E-state index contributed by atoms with van der Waals surface area (Å²) in [6.07, 6.45) is 7.52. The molecule has 2 nitrogen and oxygen atoms in total. The third-order valence-corrected chi connectivity index (χ3v) is 6.53. The van der Waals surface area contributed by atoms with Gasteiger partial charge in [0.2, 0.25) is 5.91 Å². The van der Waals surface area contributed by atoms with Crippen LogP contribution in [0.25, 0.3) is 0 Å². The summed E-state index contributed by atoms with van der Waals surface area (Å²) in [6.45, 7) is 0. The second kappa shape index (κ2) is 5.12. The number of halogens is 1. The molecule has 1 amide bonds. The van der Waals surface area contributed by atoms with Gasteiger partial charge in [-0.1, -0.05) is 34.1 Å². The molecule has 4 saturated carbocycles. The Morgan fingerprint density at radius 3 is 2.24 bits per heavy atom. The second-order valence-electron chi connectivity index (χ2n) is 7.44. The number of hydrogen-bond donors (Lipinski definition) is 1. The number of amides is 1. The van der Waals surface area contributed by atoms with Crippen LogP contribution in [0.3, 0.4) is 0 Å². The normalized spacial score (nSPS) is 36.7. The monoisotopic (exact) mass is 347 g/mol. The molecule has 0 unspecified atom stereocenters. The SMILES string of the molecule is O=C(Nc1ccccc1CBr)C12CC3CC(CC(C3)C1)C2. The van der Waals surface area contributed by atoms with E-state index in [2.05, 4.69) is 27.3 Å². The summed E-state index contributed by atoms with van der Waals surface area (Å²) < 4.78 is 0. The summed E-state index contributed by atoms with van der Waals surface area (Å²) >= 11 is 3.51. The molecular formula is C18H22BrNO. The maximum absolute atomic E-state index is 13.0. The first-order valence-corrected chi connectivity index (χ1v) is 9.26. The maximum atomic E-state index is 13.0. The summed E-state index contributed by atoms with van der Waals surface area (Å²) in [5, 5.41) is 4.03. The lowest BCUT2D eigenvalue weighted by Crippen LogP contribution is -2.51. The molecule has 0 aromatic heterocycles. The van der Waals surface area contributed by atoms with Crippen molar-refractivity contribution in [2.45, 2.75) is 43.9 Å². The molecule has 4 fully saturated rings. The highest BCUT2D eigenvalue weighted by Gasteiger charge is 2.54. The summed E-state index contributed by atoms with van der Waals surface area (Å²) in [6, 6.07) is 8.12. The molecule has 112 valence electrons. The molecule has 3 heteroatoms. The fourth-order valence-corrected chi connectivity index (χ4v) is 5.89. The molecular weight excluding hydrogens is 326 g/mol. The minimum atomic E-state index is -0.0613. The number of nitrogens with one attached hydrogen (secondary N) is 1. The lowest BCUT2D eigenvalue weighted by Gasteiger charge is -2.55. The molecule has 4 bridgehead atoms. The van der Waals surface area contributed by atoms with Crippen LogP contribution in [-0.4, -0.2) is 5.91 Å². The van der Waals surface area contributed by atoms with Crippen LogP contribution in [0.1, 0.15) is 44.1 Å². The number of carbonyl (C=O) groups is 1. The van der Waals surface area contributed by atoms with Crippen molar-refractivity contribution >= 4 is 27.5 Å². The van der Waals surface area contributed by atoms with Crippen LogP contribution in [0.15, 0.2) is 24.3 Å². The lowest BCUT2D eigenvalue weighted by molar-refractivity contribution is -0.140. The molecule has 1 aromatic carbocycles. The Balaban J connectivity index is 1.57. The van der Waals surface area contributed by atoms with Crippen molar-refractivity contribution in [3.8, 4) is 0 Å². The van der Waals surface area contributed by atoms with Gasteiger partial charge in [0.05, 0.1) is 5.41 Å². The second-order valence-corrected chi connectivity index (χ2v) is 8.00. The predicted octanol–water partition coefficient (Wildman–Crippen LogP) is 4.74. The zero-order valence-electron chi connectivity index (χ0n) is 12.3. The summed E-state index contributed by atoms with van der Waals surface area (Å²) in [5.41, 5.74) is 2.08. The van der Waals surface area contributed by atoms with Crippen molar-refractivity contribution in [2.24, 2.45) is 23.2 Å². The number of anilines is 1. The number of carbonyl (C=O) groups excluding carboxylic acids is 1. The van der Waals surface area contributed by atoms with E-state index < -0.39 is 0 Å². The van der Waals surface area contributed by atoms with E-state index >= 15 is 0 Å². The standard InChI is InChI=1S/C18H22BrNO/c19-11-15-3-1-2-4-16(15)20-17(21)18-8-12-5-13(9-18)7-14(6-12)10-18/h1-4,12-14H,5-11H2,(H,20,21). The van der Waals surface area contributed by atoms with Crippen LogP contribution in [0.5, 0.6) is 0 Å². The minimum absolute atomic E-state index is 0.0613. The lowest BCUT2D eigenvalue weighted by atomic mass is 9.49. The van der Waals surface area contributed by atoms with Gasteiger partial charge in [-0.15, -0.1) is 0 Å². The first-order valence-electron chi connectivity index (χ1n) is 8.14. The Kier molecular flexibility index (Phi) is 3.36. The topological polar surface area (TPSA) is 29.1 Å². The Bertz CT molecular complexity index is 533. The van der Waals surface area contributed by atoms with Gasteiger partial charge < -0.3 is 5.32 Å². The van der Waals surface area contributed by atoms with E-state index in [9.17, 15) is 4.79 Å². The Morgan fingerprint density at radius 2 is 1.67 bits per heavy atom. The van der Waals surface area contributed by atoms with Gasteiger partial charge in [-0.3, -0.25) is 4.79 Å². The summed E-state index contributed by atoms with van der Waals surface area (Å²) in [4.78, 5) is 13.0. The highest BCUT2D eigenvalue weighted by Crippen LogP contribution is 2.60. The Morgan fingerprint density at radius 1 is 1.10 bits per heavy atom. The van der Waals surface area contributed by atoms with Gasteiger partial charge in [0.1, 0.15) is 0 Å². The molecule has 0 radical (unpaired) electrons. The van der Waals surface area contributed by atoms with E-state index in [-0.39, 0.29) is 11.3 Å². The van der Waals surface area contributed by atoms with E-state index in [1.807, 2.05) is 18.2 Å². The van der Waals surface area contributed by atoms with E-state index in [0.717, 1.165) is 53.6 Å². The van der Waals surface area contributed by atoms with Crippen LogP contribution >= 0.6 is 15.9 Å². The molecule has 0 spiro atoms. The first kappa shape index (κ1) is 13.8. The average Bonchev–Trinajstić information content (AvgIpc) is 2.46. The van der Waals surface area contributed by atoms with Crippen molar-refractivity contribution in [3.63, 3.8) is 0 Å². The zero-order valence-corrected chi connectivity index (χ0v) is 13.9. The number of para-hydroxylation sites is 1. The predicted molar refractivity (Wildman–Crippen MR) is 88.3 cm³/mol. The van der Waals surface area contributed by atoms with Gasteiger partial charge in [-0.25, -0.2) is 0 Å². The molecule has 21 heavy (non-hydrogen) atoms. The van der Waals surface area contributed by atoms with E-state index in [1.165, 1.54) is 19.3 Å². The van der Waals surface area contributed by atoms with Crippen LogP contribution < -0.4 is 5.32 Å². The zero-order chi connectivity index (χ0) is 14.4. The van der Waals surface area contributed by atoms with Gasteiger partial charge in [0.15, 0.2) is 0 Å². The number of benzene rings is 1. The van der Waals surface area contributed by atoms with Gasteiger partial charge in [-0.05, 0) is 67.9 Å². The quantitative estimate of drug-likeness (QED) is 0.786. The largest absolute Gasteiger partial charge is 0.325 e. The van der Waals surface area contributed by atoms with E-state index in [0.29, 0.717) is 0 Å². The third-order valence-electron chi connectivity index (χ3n) is 5.93. The van der Waals surface area contributed by atoms with Gasteiger partial charge in [-0.2, -0.15) is 0 Å². The van der Waals surface area contributed by atoms with Crippen LogP contribution in [0.4, 0.5) is 5.69 Å². The van der Waals surface area contributed by atoms with Crippen LogP contribution in [0.2, 0.25) is 0 Å². The Labute approximate surface area is 134 Å².